The number of aromatic amines is 1. The molecule has 0 amide bonds. The molecule has 1 aromatic carbocycles. The van der Waals surface area contributed by atoms with Crippen LogP contribution in [-0.2, 0) is 10.0 Å². The van der Waals surface area contributed by atoms with E-state index in [4.69, 9.17) is 4.74 Å². The molecule has 19 heavy (non-hydrogen) atoms. The van der Waals surface area contributed by atoms with E-state index >= 15 is 0 Å². The van der Waals surface area contributed by atoms with Crippen molar-refractivity contribution in [3.05, 3.63) is 36.2 Å². The number of ether oxygens (including phenoxy) is 1. The zero-order valence-corrected chi connectivity index (χ0v) is 11.5. The van der Waals surface area contributed by atoms with Crippen LogP contribution in [0.5, 0.6) is 5.75 Å². The molecule has 2 rings (SSSR count). The quantitative estimate of drug-likeness (QED) is 0.877. The molecule has 7 heteroatoms. The van der Waals surface area contributed by atoms with E-state index in [1.807, 2.05) is 6.92 Å². The molecule has 0 bridgehead atoms. The van der Waals surface area contributed by atoms with E-state index in [-0.39, 0.29) is 4.90 Å². The van der Waals surface area contributed by atoms with E-state index in [1.165, 1.54) is 6.20 Å². The summed E-state index contributed by atoms with van der Waals surface area (Å²) in [6, 6.07) is 6.73. The highest BCUT2D eigenvalue weighted by Crippen LogP contribution is 2.20. The molecular weight excluding hydrogens is 266 g/mol. The average Bonchev–Trinajstić information content (AvgIpc) is 2.79. The maximum Gasteiger partial charge on any atom is 0.265 e. The summed E-state index contributed by atoms with van der Waals surface area (Å²) in [4.78, 5) is 0.140. The second kappa shape index (κ2) is 5.31. The van der Waals surface area contributed by atoms with Gasteiger partial charge in [0.15, 0.2) is 0 Å². The molecule has 0 unspecified atom stereocenters. The second-order valence-corrected chi connectivity index (χ2v) is 5.57. The highest BCUT2D eigenvalue weighted by molar-refractivity contribution is 7.92. The molecular formula is C12H15N3O3S. The summed E-state index contributed by atoms with van der Waals surface area (Å²) >= 11 is 0. The van der Waals surface area contributed by atoms with Gasteiger partial charge >= 0.3 is 0 Å². The second-order valence-electron chi connectivity index (χ2n) is 3.92. The first-order valence-corrected chi connectivity index (χ1v) is 7.27. The number of aromatic nitrogens is 2. The van der Waals surface area contributed by atoms with Crippen molar-refractivity contribution in [3.63, 3.8) is 0 Å². The predicted molar refractivity (Wildman–Crippen MR) is 71.7 cm³/mol. The van der Waals surface area contributed by atoms with Gasteiger partial charge in [0.2, 0.25) is 0 Å². The molecule has 0 fully saturated rings. The molecule has 1 aromatic heterocycles. The molecule has 2 aromatic rings. The number of hydrogen-bond donors (Lipinski definition) is 2. The Morgan fingerprint density at radius 2 is 2.00 bits per heavy atom. The lowest BCUT2D eigenvalue weighted by molar-refractivity contribution is 0.340. The fourth-order valence-corrected chi connectivity index (χ4v) is 2.80. The van der Waals surface area contributed by atoms with Crippen molar-refractivity contribution >= 4 is 15.7 Å². The van der Waals surface area contributed by atoms with Gasteiger partial charge in [0, 0.05) is 5.69 Å². The van der Waals surface area contributed by atoms with Crippen LogP contribution in [-0.4, -0.2) is 25.2 Å². The van der Waals surface area contributed by atoms with Crippen molar-refractivity contribution in [1.82, 2.24) is 10.2 Å². The van der Waals surface area contributed by atoms with Gasteiger partial charge in [-0.2, -0.15) is 5.10 Å². The Balaban J connectivity index is 2.19. The lowest BCUT2D eigenvalue weighted by Gasteiger charge is -2.08. The Morgan fingerprint density at radius 1 is 1.32 bits per heavy atom. The minimum Gasteiger partial charge on any atom is -0.494 e. The van der Waals surface area contributed by atoms with E-state index in [0.717, 1.165) is 0 Å². The predicted octanol–water partition coefficient (Wildman–Crippen LogP) is 1.92. The Hall–Kier alpha value is -2.02. The van der Waals surface area contributed by atoms with Gasteiger partial charge in [-0.25, -0.2) is 8.42 Å². The van der Waals surface area contributed by atoms with Crippen LogP contribution in [0.15, 0.2) is 35.4 Å². The van der Waals surface area contributed by atoms with Gasteiger partial charge in [-0.1, -0.05) is 0 Å². The van der Waals surface area contributed by atoms with Crippen LogP contribution in [0.1, 0.15) is 12.6 Å². The minimum absolute atomic E-state index is 0.140. The third-order valence-electron chi connectivity index (χ3n) is 2.49. The Kier molecular flexibility index (Phi) is 3.75. The van der Waals surface area contributed by atoms with Gasteiger partial charge < -0.3 is 4.74 Å². The molecule has 2 N–H and O–H groups in total. The minimum atomic E-state index is -3.61. The van der Waals surface area contributed by atoms with Crippen molar-refractivity contribution in [2.24, 2.45) is 0 Å². The van der Waals surface area contributed by atoms with Crippen LogP contribution in [0.2, 0.25) is 0 Å². The Labute approximate surface area is 111 Å². The summed E-state index contributed by atoms with van der Waals surface area (Å²) in [6.45, 7) is 4.11. The number of rotatable bonds is 5. The third kappa shape index (κ3) is 3.05. The zero-order valence-electron chi connectivity index (χ0n) is 10.7. The average molecular weight is 281 g/mol. The molecule has 0 aliphatic rings. The number of hydrogen-bond acceptors (Lipinski definition) is 4. The first kappa shape index (κ1) is 13.4. The Morgan fingerprint density at radius 3 is 2.53 bits per heavy atom. The zero-order chi connectivity index (χ0) is 13.9. The van der Waals surface area contributed by atoms with Crippen molar-refractivity contribution in [1.29, 1.82) is 0 Å². The molecule has 6 nitrogen and oxygen atoms in total. The fraction of sp³-hybridized carbons (Fsp3) is 0.250. The number of aryl methyl sites for hydroxylation is 1. The van der Waals surface area contributed by atoms with Crippen molar-refractivity contribution in [2.45, 2.75) is 18.7 Å². The SMILES string of the molecule is CCOc1ccc(NS(=O)(=O)c2cn[nH]c2C)cc1. The first-order chi connectivity index (χ1) is 9.03. The molecule has 1 heterocycles. The van der Waals surface area contributed by atoms with E-state index in [9.17, 15) is 8.42 Å². The molecule has 0 saturated carbocycles. The smallest absolute Gasteiger partial charge is 0.265 e. The maximum absolute atomic E-state index is 12.1. The number of nitrogens with zero attached hydrogens (tertiary/aromatic N) is 1. The van der Waals surface area contributed by atoms with Gasteiger partial charge in [-0.15, -0.1) is 0 Å². The van der Waals surface area contributed by atoms with Crippen LogP contribution in [0.25, 0.3) is 0 Å². The number of anilines is 1. The van der Waals surface area contributed by atoms with Gasteiger partial charge in [0.25, 0.3) is 10.0 Å². The lowest BCUT2D eigenvalue weighted by atomic mass is 10.3. The number of nitrogens with one attached hydrogen (secondary N) is 2. The summed E-state index contributed by atoms with van der Waals surface area (Å²) in [5.74, 6) is 0.699. The van der Waals surface area contributed by atoms with Crippen LogP contribution in [0, 0.1) is 6.92 Å². The van der Waals surface area contributed by atoms with Crippen LogP contribution >= 0.6 is 0 Å². The fourth-order valence-electron chi connectivity index (χ4n) is 1.61. The van der Waals surface area contributed by atoms with E-state index < -0.39 is 10.0 Å². The summed E-state index contributed by atoms with van der Waals surface area (Å²) in [5.41, 5.74) is 0.975. The van der Waals surface area contributed by atoms with E-state index in [2.05, 4.69) is 14.9 Å². The Bertz CT molecular complexity index is 647. The maximum atomic E-state index is 12.1. The third-order valence-corrected chi connectivity index (χ3v) is 3.99. The molecule has 0 atom stereocenters. The first-order valence-electron chi connectivity index (χ1n) is 5.78. The summed E-state index contributed by atoms with van der Waals surface area (Å²) < 4.78 is 32.0. The van der Waals surface area contributed by atoms with Crippen molar-refractivity contribution < 1.29 is 13.2 Å². The normalized spacial score (nSPS) is 11.3. The molecule has 102 valence electrons. The monoisotopic (exact) mass is 281 g/mol. The van der Waals surface area contributed by atoms with Gasteiger partial charge in [0.1, 0.15) is 10.6 Å². The molecule has 0 saturated heterocycles. The number of H-pyrrole nitrogens is 1. The van der Waals surface area contributed by atoms with Gasteiger partial charge in [0.05, 0.1) is 18.5 Å². The summed E-state index contributed by atoms with van der Waals surface area (Å²) in [6.07, 6.45) is 1.28. The van der Waals surface area contributed by atoms with E-state index in [0.29, 0.717) is 23.7 Å². The highest BCUT2D eigenvalue weighted by atomic mass is 32.2. The van der Waals surface area contributed by atoms with Crippen LogP contribution in [0.3, 0.4) is 0 Å². The van der Waals surface area contributed by atoms with Crippen LogP contribution < -0.4 is 9.46 Å². The molecule has 0 spiro atoms. The van der Waals surface area contributed by atoms with E-state index in [1.54, 1.807) is 31.2 Å². The molecule has 0 radical (unpaired) electrons. The number of benzene rings is 1. The van der Waals surface area contributed by atoms with Crippen LogP contribution in [0.4, 0.5) is 5.69 Å². The topological polar surface area (TPSA) is 84.1 Å². The largest absolute Gasteiger partial charge is 0.494 e. The standard InChI is InChI=1S/C12H15N3O3S/c1-3-18-11-6-4-10(5-7-11)15-19(16,17)12-8-13-14-9(12)2/h4-8,15H,3H2,1-2H3,(H,13,14). The lowest BCUT2D eigenvalue weighted by Crippen LogP contribution is -2.13. The highest BCUT2D eigenvalue weighted by Gasteiger charge is 2.18. The molecule has 0 aliphatic heterocycles. The molecule has 0 aliphatic carbocycles. The van der Waals surface area contributed by atoms with Crippen molar-refractivity contribution in [2.75, 3.05) is 11.3 Å². The summed E-state index contributed by atoms with van der Waals surface area (Å²) in [7, 11) is -3.61. The summed E-state index contributed by atoms with van der Waals surface area (Å²) in [5, 5.41) is 6.30. The van der Waals surface area contributed by atoms with Crippen molar-refractivity contribution in [3.8, 4) is 5.75 Å². The van der Waals surface area contributed by atoms with Gasteiger partial charge in [-0.05, 0) is 38.1 Å². The van der Waals surface area contributed by atoms with Gasteiger partial charge in [-0.3, -0.25) is 9.82 Å². The number of sulfonamides is 1.